The van der Waals surface area contributed by atoms with Crippen LogP contribution in [0.15, 0.2) is 192 Å². The van der Waals surface area contributed by atoms with E-state index in [1.165, 1.54) is 21.9 Å². The summed E-state index contributed by atoms with van der Waals surface area (Å²) in [5.74, 6) is 1.86. The van der Waals surface area contributed by atoms with Gasteiger partial charge in [-0.15, -0.1) is 0 Å². The van der Waals surface area contributed by atoms with Gasteiger partial charge in [-0.1, -0.05) is 170 Å². The largest absolute Gasteiger partial charge is 0.455 e. The number of hydrogen-bond acceptors (Lipinski definition) is 4. The van der Waals surface area contributed by atoms with Gasteiger partial charge in [0.2, 0.25) is 0 Å². The Hall–Kier alpha value is -7.43. The molecule has 0 fully saturated rings. The fourth-order valence-corrected chi connectivity index (χ4v) is 7.92. The molecular formula is C51H31N3O. The Kier molecular flexibility index (Phi) is 7.14. The van der Waals surface area contributed by atoms with E-state index in [2.05, 4.69) is 182 Å². The van der Waals surface area contributed by atoms with E-state index in [-0.39, 0.29) is 0 Å². The van der Waals surface area contributed by atoms with Crippen molar-refractivity contribution in [1.29, 1.82) is 0 Å². The standard InChI is InChI=1S/C51H31N3O/c1-2-11-32(12-3-1)35-21-25-36(26-22-35)41-19-10-20-44-45-31-46(42-17-8-9-18-43(42)48(45)55-47(41)44)51-53-49(39-27-23-33-13-4-6-15-37(33)29-39)52-50(54-51)40-28-24-34-14-5-7-16-38(34)30-40/h1-31H. The third kappa shape index (κ3) is 5.34. The highest BCUT2D eigenvalue weighted by atomic mass is 16.3. The van der Waals surface area contributed by atoms with Crippen molar-refractivity contribution < 1.29 is 4.42 Å². The maximum Gasteiger partial charge on any atom is 0.164 e. The zero-order chi connectivity index (χ0) is 36.3. The predicted molar refractivity (Wildman–Crippen MR) is 227 cm³/mol. The van der Waals surface area contributed by atoms with Crippen LogP contribution in [-0.2, 0) is 0 Å². The summed E-state index contributed by atoms with van der Waals surface area (Å²) in [5.41, 5.74) is 9.04. The molecule has 0 unspecified atom stereocenters. The molecule has 55 heavy (non-hydrogen) atoms. The molecular weight excluding hydrogens is 671 g/mol. The first-order chi connectivity index (χ1) is 27.2. The highest BCUT2D eigenvalue weighted by Crippen LogP contribution is 2.42. The SMILES string of the molecule is c1ccc(-c2ccc(-c3cccc4c3oc3c5ccccc5c(-c5nc(-c6ccc7ccccc7c6)nc(-c6ccc7ccccc7c6)n5)cc43)cc2)cc1. The molecule has 256 valence electrons. The van der Waals surface area contributed by atoms with Crippen molar-refractivity contribution >= 4 is 54.3 Å². The van der Waals surface area contributed by atoms with Gasteiger partial charge in [-0.25, -0.2) is 15.0 Å². The van der Waals surface area contributed by atoms with Crippen LogP contribution in [-0.4, -0.2) is 15.0 Å². The third-order valence-corrected chi connectivity index (χ3v) is 10.7. The van der Waals surface area contributed by atoms with Crippen LogP contribution in [0.3, 0.4) is 0 Å². The Balaban J connectivity index is 1.12. The molecule has 0 bridgehead atoms. The Labute approximate surface area is 317 Å². The summed E-state index contributed by atoms with van der Waals surface area (Å²) < 4.78 is 6.87. The molecule has 4 heteroatoms. The number of benzene rings is 9. The molecule has 0 aliphatic heterocycles. The van der Waals surface area contributed by atoms with E-state index in [9.17, 15) is 0 Å². The molecule has 0 saturated heterocycles. The summed E-state index contributed by atoms with van der Waals surface area (Å²) in [6, 6.07) is 65.8. The minimum Gasteiger partial charge on any atom is -0.455 e. The van der Waals surface area contributed by atoms with Gasteiger partial charge in [0, 0.05) is 38.4 Å². The molecule has 2 heterocycles. The zero-order valence-electron chi connectivity index (χ0n) is 29.6. The third-order valence-electron chi connectivity index (χ3n) is 10.7. The lowest BCUT2D eigenvalue weighted by Gasteiger charge is -2.12. The first kappa shape index (κ1) is 31.1. The quantitative estimate of drug-likeness (QED) is 0.179. The van der Waals surface area contributed by atoms with Crippen LogP contribution in [0.2, 0.25) is 0 Å². The van der Waals surface area contributed by atoms with E-state index in [0.717, 1.165) is 71.3 Å². The molecule has 0 atom stereocenters. The second-order valence-corrected chi connectivity index (χ2v) is 14.0. The predicted octanol–water partition coefficient (Wildman–Crippen LogP) is 13.6. The molecule has 11 rings (SSSR count). The summed E-state index contributed by atoms with van der Waals surface area (Å²) in [7, 11) is 0. The van der Waals surface area contributed by atoms with E-state index < -0.39 is 0 Å². The van der Waals surface area contributed by atoms with Crippen molar-refractivity contribution in [3.8, 4) is 56.4 Å². The number of para-hydroxylation sites is 1. The highest BCUT2D eigenvalue weighted by molar-refractivity contribution is 6.20. The Morgan fingerprint density at radius 1 is 0.273 bits per heavy atom. The summed E-state index contributed by atoms with van der Waals surface area (Å²) in [6.45, 7) is 0. The van der Waals surface area contributed by atoms with Gasteiger partial charge in [0.25, 0.3) is 0 Å². The first-order valence-corrected chi connectivity index (χ1v) is 18.5. The smallest absolute Gasteiger partial charge is 0.164 e. The fourth-order valence-electron chi connectivity index (χ4n) is 7.92. The van der Waals surface area contributed by atoms with E-state index in [1.54, 1.807) is 0 Å². The van der Waals surface area contributed by atoms with Crippen molar-refractivity contribution in [2.24, 2.45) is 0 Å². The van der Waals surface area contributed by atoms with Gasteiger partial charge in [-0.05, 0) is 61.8 Å². The maximum absolute atomic E-state index is 6.87. The van der Waals surface area contributed by atoms with Gasteiger partial charge in [-0.3, -0.25) is 0 Å². The molecule has 9 aromatic carbocycles. The molecule has 0 amide bonds. The van der Waals surface area contributed by atoms with E-state index in [0.29, 0.717) is 17.5 Å². The number of rotatable bonds is 5. The first-order valence-electron chi connectivity index (χ1n) is 18.5. The molecule has 4 nitrogen and oxygen atoms in total. The Bertz CT molecular complexity index is 3160. The minimum absolute atomic E-state index is 0.612. The van der Waals surface area contributed by atoms with Crippen LogP contribution < -0.4 is 0 Å². The topological polar surface area (TPSA) is 51.8 Å². The molecule has 11 aromatic rings. The number of furan rings is 1. The van der Waals surface area contributed by atoms with Gasteiger partial charge in [0.15, 0.2) is 17.5 Å². The summed E-state index contributed by atoms with van der Waals surface area (Å²) >= 11 is 0. The van der Waals surface area contributed by atoms with Gasteiger partial charge in [0.1, 0.15) is 11.2 Å². The second-order valence-electron chi connectivity index (χ2n) is 14.0. The minimum atomic E-state index is 0.612. The van der Waals surface area contributed by atoms with Crippen molar-refractivity contribution in [3.05, 3.63) is 188 Å². The summed E-state index contributed by atoms with van der Waals surface area (Å²) in [6.07, 6.45) is 0. The second kappa shape index (κ2) is 12.6. The van der Waals surface area contributed by atoms with Gasteiger partial charge in [0.05, 0.1) is 0 Å². The number of aromatic nitrogens is 3. The van der Waals surface area contributed by atoms with Crippen molar-refractivity contribution in [1.82, 2.24) is 15.0 Å². The molecule has 0 saturated carbocycles. The highest BCUT2D eigenvalue weighted by Gasteiger charge is 2.20. The van der Waals surface area contributed by atoms with Crippen LogP contribution in [0.5, 0.6) is 0 Å². The van der Waals surface area contributed by atoms with Crippen LogP contribution in [0.1, 0.15) is 0 Å². The number of fused-ring (bicyclic) bond motifs is 7. The molecule has 0 radical (unpaired) electrons. The molecule has 0 N–H and O–H groups in total. The average Bonchev–Trinajstić information content (AvgIpc) is 3.65. The number of nitrogens with zero attached hydrogens (tertiary/aromatic N) is 3. The fraction of sp³-hybridized carbons (Fsp3) is 0. The van der Waals surface area contributed by atoms with Gasteiger partial charge >= 0.3 is 0 Å². The van der Waals surface area contributed by atoms with Gasteiger partial charge in [-0.2, -0.15) is 0 Å². The summed E-state index contributed by atoms with van der Waals surface area (Å²) in [5, 5.41) is 8.71. The molecule has 2 aromatic heterocycles. The Morgan fingerprint density at radius 2 is 0.764 bits per heavy atom. The average molecular weight is 702 g/mol. The maximum atomic E-state index is 6.87. The molecule has 0 aliphatic carbocycles. The lowest BCUT2D eigenvalue weighted by atomic mass is 9.97. The normalized spacial score (nSPS) is 11.6. The monoisotopic (exact) mass is 701 g/mol. The lowest BCUT2D eigenvalue weighted by molar-refractivity contribution is 0.674. The van der Waals surface area contributed by atoms with Crippen LogP contribution in [0.4, 0.5) is 0 Å². The van der Waals surface area contributed by atoms with Crippen molar-refractivity contribution in [2.75, 3.05) is 0 Å². The van der Waals surface area contributed by atoms with E-state index in [4.69, 9.17) is 19.4 Å². The van der Waals surface area contributed by atoms with Crippen LogP contribution in [0, 0.1) is 0 Å². The van der Waals surface area contributed by atoms with Gasteiger partial charge < -0.3 is 4.42 Å². The number of hydrogen-bond donors (Lipinski definition) is 0. The van der Waals surface area contributed by atoms with Crippen molar-refractivity contribution in [2.45, 2.75) is 0 Å². The molecule has 0 aliphatic rings. The van der Waals surface area contributed by atoms with Crippen LogP contribution >= 0.6 is 0 Å². The van der Waals surface area contributed by atoms with E-state index >= 15 is 0 Å². The molecule has 0 spiro atoms. The Morgan fingerprint density at radius 3 is 1.44 bits per heavy atom. The van der Waals surface area contributed by atoms with E-state index in [1.807, 2.05) is 6.07 Å². The van der Waals surface area contributed by atoms with Crippen LogP contribution in [0.25, 0.3) is 111 Å². The zero-order valence-corrected chi connectivity index (χ0v) is 29.6. The summed E-state index contributed by atoms with van der Waals surface area (Å²) in [4.78, 5) is 15.6. The lowest BCUT2D eigenvalue weighted by Crippen LogP contribution is -2.01. The van der Waals surface area contributed by atoms with Crippen molar-refractivity contribution in [3.63, 3.8) is 0 Å².